The Kier molecular flexibility index (Phi) is 4.88. The van der Waals surface area contributed by atoms with E-state index in [-0.39, 0.29) is 30.2 Å². The van der Waals surface area contributed by atoms with Crippen molar-refractivity contribution in [2.75, 3.05) is 16.8 Å². The van der Waals surface area contributed by atoms with Gasteiger partial charge in [-0.2, -0.15) is 0 Å². The first-order chi connectivity index (χ1) is 13.0. The average Bonchev–Trinajstić information content (AvgIpc) is 3.17. The molecule has 1 atom stereocenters. The number of halogens is 1. The Labute approximate surface area is 165 Å². The van der Waals surface area contributed by atoms with Crippen LogP contribution in [0.3, 0.4) is 0 Å². The van der Waals surface area contributed by atoms with E-state index in [0.29, 0.717) is 27.8 Å². The molecule has 1 aliphatic heterocycles. The maximum absolute atomic E-state index is 12.7. The molecule has 1 unspecified atom stereocenters. The quantitative estimate of drug-likeness (QED) is 0.804. The second-order valence-corrected chi connectivity index (χ2v) is 8.14. The summed E-state index contributed by atoms with van der Waals surface area (Å²) in [5, 5.41) is 8.58. The van der Waals surface area contributed by atoms with Crippen LogP contribution in [0.1, 0.15) is 29.6 Å². The number of rotatable bonds is 5. The molecule has 4 rings (SSSR count). The van der Waals surface area contributed by atoms with Gasteiger partial charge < -0.3 is 15.5 Å². The van der Waals surface area contributed by atoms with E-state index >= 15 is 0 Å². The van der Waals surface area contributed by atoms with Crippen molar-refractivity contribution in [1.29, 1.82) is 0 Å². The van der Waals surface area contributed by atoms with E-state index in [9.17, 15) is 14.4 Å². The van der Waals surface area contributed by atoms with Crippen LogP contribution < -0.4 is 15.5 Å². The third-order valence-corrected chi connectivity index (χ3v) is 5.74. The number of nitrogens with zero attached hydrogens (tertiary/aromatic N) is 1. The van der Waals surface area contributed by atoms with Gasteiger partial charge in [-0.05, 0) is 42.5 Å². The van der Waals surface area contributed by atoms with Gasteiger partial charge in [0.05, 0.1) is 11.5 Å². The molecule has 1 aliphatic carbocycles. The Morgan fingerprint density at radius 2 is 2.04 bits per heavy atom. The summed E-state index contributed by atoms with van der Waals surface area (Å²) in [5.74, 6) is -1.01. The van der Waals surface area contributed by atoms with Gasteiger partial charge in [0.25, 0.3) is 5.91 Å². The molecule has 8 heteroatoms. The van der Waals surface area contributed by atoms with Crippen molar-refractivity contribution in [2.45, 2.75) is 25.3 Å². The van der Waals surface area contributed by atoms with E-state index in [1.54, 1.807) is 40.6 Å². The maximum Gasteiger partial charge on any atom is 0.254 e. The molecule has 1 saturated carbocycles. The highest BCUT2D eigenvalue weighted by Gasteiger charge is 2.36. The van der Waals surface area contributed by atoms with Gasteiger partial charge in [-0.15, -0.1) is 11.3 Å². The Balaban J connectivity index is 1.43. The summed E-state index contributed by atoms with van der Waals surface area (Å²) in [6.07, 6.45) is 2.13. The molecule has 2 fully saturated rings. The lowest BCUT2D eigenvalue weighted by Crippen LogP contribution is -2.29. The minimum atomic E-state index is -0.474. The fourth-order valence-electron chi connectivity index (χ4n) is 3.07. The predicted octanol–water partition coefficient (Wildman–Crippen LogP) is 3.29. The molecule has 140 valence electrons. The van der Waals surface area contributed by atoms with Crippen LogP contribution in [0.2, 0.25) is 5.02 Å². The molecule has 1 saturated heterocycles. The van der Waals surface area contributed by atoms with E-state index in [4.69, 9.17) is 11.6 Å². The van der Waals surface area contributed by atoms with E-state index < -0.39 is 5.92 Å². The monoisotopic (exact) mass is 403 g/mol. The van der Waals surface area contributed by atoms with Crippen LogP contribution in [0.25, 0.3) is 0 Å². The third kappa shape index (κ3) is 3.99. The number of hydrogen-bond donors (Lipinski definition) is 2. The highest BCUT2D eigenvalue weighted by Crippen LogP contribution is 2.30. The van der Waals surface area contributed by atoms with Crippen molar-refractivity contribution in [2.24, 2.45) is 5.92 Å². The second-order valence-electron chi connectivity index (χ2n) is 6.79. The molecule has 3 amide bonds. The van der Waals surface area contributed by atoms with Crippen LogP contribution in [0, 0.1) is 5.92 Å². The number of anilines is 2. The highest BCUT2D eigenvalue weighted by molar-refractivity contribution is 7.14. The zero-order chi connectivity index (χ0) is 19.0. The van der Waals surface area contributed by atoms with Crippen LogP contribution in [-0.2, 0) is 9.59 Å². The highest BCUT2D eigenvalue weighted by atomic mass is 35.5. The first-order valence-electron chi connectivity index (χ1n) is 8.76. The van der Waals surface area contributed by atoms with Gasteiger partial charge in [0.15, 0.2) is 0 Å². The van der Waals surface area contributed by atoms with Gasteiger partial charge in [-0.1, -0.05) is 17.7 Å². The van der Waals surface area contributed by atoms with Crippen molar-refractivity contribution in [3.8, 4) is 0 Å². The molecule has 2 aliphatic rings. The van der Waals surface area contributed by atoms with E-state index in [1.165, 1.54) is 11.3 Å². The molecule has 2 aromatic rings. The molecule has 6 nitrogen and oxygen atoms in total. The normalized spacial score (nSPS) is 19.2. The van der Waals surface area contributed by atoms with Crippen molar-refractivity contribution < 1.29 is 14.4 Å². The average molecular weight is 404 g/mol. The lowest BCUT2D eigenvalue weighted by Gasteiger charge is -2.17. The number of thiophene rings is 1. The number of nitrogens with one attached hydrogen (secondary N) is 2. The Hall–Kier alpha value is -2.38. The summed E-state index contributed by atoms with van der Waals surface area (Å²) >= 11 is 7.30. The van der Waals surface area contributed by atoms with Crippen LogP contribution in [0.15, 0.2) is 35.7 Å². The zero-order valence-corrected chi connectivity index (χ0v) is 16.0. The van der Waals surface area contributed by atoms with Crippen molar-refractivity contribution in [3.63, 3.8) is 0 Å². The summed E-state index contributed by atoms with van der Waals surface area (Å²) in [6, 6.07) is 8.97. The second kappa shape index (κ2) is 7.32. The molecular weight excluding hydrogens is 386 g/mol. The lowest BCUT2D eigenvalue weighted by atomic mass is 10.1. The number of hydrogen-bond acceptors (Lipinski definition) is 4. The topological polar surface area (TPSA) is 78.5 Å². The largest absolute Gasteiger partial charge is 0.349 e. The fourth-order valence-corrected chi connectivity index (χ4v) is 4.04. The number of carbonyl (C=O) groups is 3. The Morgan fingerprint density at radius 1 is 1.22 bits per heavy atom. The fraction of sp³-hybridized carbons (Fsp3) is 0.316. The summed E-state index contributed by atoms with van der Waals surface area (Å²) in [4.78, 5) is 38.9. The van der Waals surface area contributed by atoms with Gasteiger partial charge in [0, 0.05) is 29.7 Å². The van der Waals surface area contributed by atoms with Gasteiger partial charge in [-0.3, -0.25) is 14.4 Å². The lowest BCUT2D eigenvalue weighted by molar-refractivity contribution is -0.122. The van der Waals surface area contributed by atoms with Gasteiger partial charge in [0.2, 0.25) is 11.8 Å². The maximum atomic E-state index is 12.7. The van der Waals surface area contributed by atoms with Crippen molar-refractivity contribution in [3.05, 3.63) is 46.3 Å². The molecule has 27 heavy (non-hydrogen) atoms. The van der Waals surface area contributed by atoms with Crippen LogP contribution in [0.5, 0.6) is 0 Å². The third-order valence-electron chi connectivity index (χ3n) is 4.67. The zero-order valence-electron chi connectivity index (χ0n) is 14.4. The van der Waals surface area contributed by atoms with Crippen LogP contribution in [-0.4, -0.2) is 30.3 Å². The van der Waals surface area contributed by atoms with E-state index in [0.717, 1.165) is 12.8 Å². The van der Waals surface area contributed by atoms with Gasteiger partial charge in [-0.25, -0.2) is 0 Å². The number of benzene rings is 1. The van der Waals surface area contributed by atoms with Gasteiger partial charge >= 0.3 is 0 Å². The SMILES string of the molecule is O=C(NC1CC1)c1ccsc1NC(=O)C1CC(=O)N(c2cccc(Cl)c2)C1. The van der Waals surface area contributed by atoms with Gasteiger partial charge in [0.1, 0.15) is 5.00 Å². The Morgan fingerprint density at radius 3 is 2.78 bits per heavy atom. The van der Waals surface area contributed by atoms with Crippen LogP contribution >= 0.6 is 22.9 Å². The van der Waals surface area contributed by atoms with E-state index in [2.05, 4.69) is 10.6 Å². The van der Waals surface area contributed by atoms with E-state index in [1.807, 2.05) is 0 Å². The summed E-state index contributed by atoms with van der Waals surface area (Å²) in [7, 11) is 0. The standard InChI is InChI=1S/C19H18ClN3O3S/c20-12-2-1-3-14(9-12)23-10-11(8-16(23)24)17(25)22-19-15(6-7-27-19)18(26)21-13-4-5-13/h1-3,6-7,9,11,13H,4-5,8,10H2,(H,21,26)(H,22,25). The van der Waals surface area contributed by atoms with Crippen molar-refractivity contribution >= 4 is 51.3 Å². The molecule has 2 heterocycles. The molecular formula is C19H18ClN3O3S. The summed E-state index contributed by atoms with van der Waals surface area (Å²) < 4.78 is 0. The Bertz CT molecular complexity index is 909. The summed E-state index contributed by atoms with van der Waals surface area (Å²) in [5.41, 5.74) is 1.15. The number of carbonyl (C=O) groups excluding carboxylic acids is 3. The molecule has 0 spiro atoms. The molecule has 0 radical (unpaired) electrons. The first-order valence-corrected chi connectivity index (χ1v) is 10.0. The molecule has 1 aromatic heterocycles. The molecule has 2 N–H and O–H groups in total. The predicted molar refractivity (Wildman–Crippen MR) is 105 cm³/mol. The smallest absolute Gasteiger partial charge is 0.254 e. The van der Waals surface area contributed by atoms with Crippen molar-refractivity contribution in [1.82, 2.24) is 5.32 Å². The molecule has 1 aromatic carbocycles. The minimum Gasteiger partial charge on any atom is -0.349 e. The van der Waals surface area contributed by atoms with Crippen LogP contribution in [0.4, 0.5) is 10.7 Å². The summed E-state index contributed by atoms with van der Waals surface area (Å²) in [6.45, 7) is 0.292. The minimum absolute atomic E-state index is 0.115. The first kappa shape index (κ1) is 18.0. The number of amides is 3. The molecule has 0 bridgehead atoms.